The van der Waals surface area contributed by atoms with Crippen LogP contribution in [0, 0.1) is 0 Å². The summed E-state index contributed by atoms with van der Waals surface area (Å²) in [6.07, 6.45) is 8.88. The monoisotopic (exact) mass is 487 g/mol. The Morgan fingerprint density at radius 3 is 2.61 bits per heavy atom. The van der Waals surface area contributed by atoms with Crippen molar-refractivity contribution in [3.8, 4) is 11.3 Å². The fraction of sp³-hybridized carbons (Fsp3) is 0.462. The van der Waals surface area contributed by atoms with Gasteiger partial charge in [0.05, 0.1) is 11.9 Å². The third kappa shape index (κ3) is 4.91. The number of piperidine rings is 1. The van der Waals surface area contributed by atoms with Crippen molar-refractivity contribution >= 4 is 46.8 Å². The molecular formula is C26H35Cl2N5. The average molecular weight is 489 g/mol. The number of rotatable bonds is 6. The molecule has 3 aromatic heterocycles. The number of H-pyrrole nitrogens is 2. The van der Waals surface area contributed by atoms with Gasteiger partial charge in [0.25, 0.3) is 0 Å². The number of pyridine rings is 1. The quantitative estimate of drug-likeness (QED) is 0.306. The third-order valence-electron chi connectivity index (χ3n) is 6.95. The van der Waals surface area contributed by atoms with Crippen molar-refractivity contribution < 1.29 is 0 Å². The lowest BCUT2D eigenvalue weighted by molar-refractivity contribution is 0.210. The summed E-state index contributed by atoms with van der Waals surface area (Å²) in [5.74, 6) is 1.09. The van der Waals surface area contributed by atoms with Crippen LogP contribution in [0.3, 0.4) is 0 Å². The van der Waals surface area contributed by atoms with Crippen molar-refractivity contribution in [3.63, 3.8) is 0 Å². The second-order valence-corrected chi connectivity index (χ2v) is 9.33. The second-order valence-electron chi connectivity index (χ2n) is 9.33. The average Bonchev–Trinajstić information content (AvgIpc) is 3.42. The molecule has 178 valence electrons. The van der Waals surface area contributed by atoms with Gasteiger partial charge in [0.15, 0.2) is 5.65 Å². The highest BCUT2D eigenvalue weighted by atomic mass is 35.5. The Labute approximate surface area is 208 Å². The maximum absolute atomic E-state index is 4.42. The topological polar surface area (TPSA) is 60.6 Å². The highest BCUT2D eigenvalue weighted by Crippen LogP contribution is 2.39. The van der Waals surface area contributed by atoms with Gasteiger partial charge in [0.2, 0.25) is 0 Å². The fourth-order valence-electron chi connectivity index (χ4n) is 5.24. The zero-order valence-corrected chi connectivity index (χ0v) is 21.4. The van der Waals surface area contributed by atoms with E-state index < -0.39 is 0 Å². The molecule has 0 radical (unpaired) electrons. The van der Waals surface area contributed by atoms with Crippen LogP contribution in [-0.4, -0.2) is 44.7 Å². The van der Waals surface area contributed by atoms with Gasteiger partial charge in [-0.1, -0.05) is 33.3 Å². The van der Waals surface area contributed by atoms with Crippen molar-refractivity contribution in [2.45, 2.75) is 58.3 Å². The van der Waals surface area contributed by atoms with Crippen LogP contribution in [0.15, 0.2) is 36.7 Å². The minimum Gasteiger partial charge on any atom is -0.354 e. The lowest BCUT2D eigenvalue weighted by atomic mass is 9.87. The molecule has 2 N–H and O–H groups in total. The summed E-state index contributed by atoms with van der Waals surface area (Å²) >= 11 is 0. The molecule has 4 heterocycles. The number of fused-ring (bicyclic) bond motifs is 2. The van der Waals surface area contributed by atoms with Crippen molar-refractivity contribution in [3.05, 3.63) is 47.8 Å². The Hall–Kier alpha value is -2.08. The van der Waals surface area contributed by atoms with Crippen molar-refractivity contribution in [2.75, 3.05) is 19.6 Å². The zero-order chi connectivity index (χ0) is 21.4. The van der Waals surface area contributed by atoms with Gasteiger partial charge in [-0.15, -0.1) is 24.8 Å². The van der Waals surface area contributed by atoms with E-state index in [9.17, 15) is 0 Å². The molecule has 7 heteroatoms. The van der Waals surface area contributed by atoms with Gasteiger partial charge in [-0.2, -0.15) is 5.10 Å². The predicted molar refractivity (Wildman–Crippen MR) is 143 cm³/mol. The molecule has 0 bridgehead atoms. The summed E-state index contributed by atoms with van der Waals surface area (Å²) in [5, 5.41) is 9.64. The van der Waals surface area contributed by atoms with E-state index in [1.165, 1.54) is 78.6 Å². The van der Waals surface area contributed by atoms with Gasteiger partial charge < -0.3 is 9.88 Å². The molecule has 0 aliphatic carbocycles. The molecule has 0 amide bonds. The van der Waals surface area contributed by atoms with E-state index in [1.54, 1.807) is 0 Å². The summed E-state index contributed by atoms with van der Waals surface area (Å²) in [5.41, 5.74) is 7.32. The van der Waals surface area contributed by atoms with Gasteiger partial charge in [-0.3, -0.25) is 5.10 Å². The largest absolute Gasteiger partial charge is 0.354 e. The number of aromatic nitrogens is 4. The number of hydrogen-bond acceptors (Lipinski definition) is 3. The molecule has 4 aromatic rings. The first-order valence-corrected chi connectivity index (χ1v) is 11.8. The van der Waals surface area contributed by atoms with Crippen LogP contribution in [0.25, 0.3) is 33.2 Å². The number of hydrogen-bond donors (Lipinski definition) is 2. The van der Waals surface area contributed by atoms with Gasteiger partial charge in [-0.05, 0) is 80.1 Å². The van der Waals surface area contributed by atoms with Gasteiger partial charge >= 0.3 is 0 Å². The summed E-state index contributed by atoms with van der Waals surface area (Å²) < 4.78 is 0. The van der Waals surface area contributed by atoms with E-state index in [0.717, 1.165) is 11.0 Å². The molecule has 0 unspecified atom stereocenters. The van der Waals surface area contributed by atoms with E-state index in [2.05, 4.69) is 70.1 Å². The molecule has 0 spiro atoms. The molecule has 0 atom stereocenters. The van der Waals surface area contributed by atoms with Crippen molar-refractivity contribution in [2.24, 2.45) is 0 Å². The number of benzene rings is 1. The Bertz CT molecular complexity index is 1190. The van der Waals surface area contributed by atoms with E-state index in [4.69, 9.17) is 0 Å². The maximum atomic E-state index is 4.42. The number of nitrogens with zero attached hydrogens (tertiary/aromatic N) is 3. The molecule has 1 aromatic carbocycles. The van der Waals surface area contributed by atoms with Crippen LogP contribution in [-0.2, 0) is 0 Å². The number of aromatic amines is 2. The molecule has 33 heavy (non-hydrogen) atoms. The first-order valence-electron chi connectivity index (χ1n) is 11.8. The normalized spacial score (nSPS) is 15.2. The van der Waals surface area contributed by atoms with Gasteiger partial charge in [0, 0.05) is 28.0 Å². The summed E-state index contributed by atoms with van der Waals surface area (Å²) in [4.78, 5) is 10.8. The van der Waals surface area contributed by atoms with Crippen LogP contribution >= 0.6 is 24.8 Å². The van der Waals surface area contributed by atoms with E-state index in [-0.39, 0.29) is 24.8 Å². The molecule has 0 saturated carbocycles. The smallest absolute Gasteiger partial charge is 0.155 e. The molecule has 1 saturated heterocycles. The van der Waals surface area contributed by atoms with Gasteiger partial charge in [-0.25, -0.2) is 4.98 Å². The Morgan fingerprint density at radius 1 is 1.09 bits per heavy atom. The summed E-state index contributed by atoms with van der Waals surface area (Å²) in [6.45, 7) is 10.6. The number of halogens is 2. The predicted octanol–water partition coefficient (Wildman–Crippen LogP) is 7.05. The maximum Gasteiger partial charge on any atom is 0.155 e. The van der Waals surface area contributed by atoms with Crippen LogP contribution in [0.5, 0.6) is 0 Å². The number of unbranched alkanes of at least 4 members (excludes halogenated alkanes) is 1. The first-order chi connectivity index (χ1) is 15.2. The van der Waals surface area contributed by atoms with Crippen molar-refractivity contribution in [1.82, 2.24) is 25.1 Å². The van der Waals surface area contributed by atoms with Gasteiger partial charge in [0.1, 0.15) is 0 Å². The Kier molecular flexibility index (Phi) is 8.43. The lowest BCUT2D eigenvalue weighted by Gasteiger charge is -2.32. The highest BCUT2D eigenvalue weighted by molar-refractivity contribution is 5.98. The molecule has 1 fully saturated rings. The van der Waals surface area contributed by atoms with Crippen LogP contribution in [0.4, 0.5) is 0 Å². The van der Waals surface area contributed by atoms with Crippen LogP contribution in [0.2, 0.25) is 0 Å². The fourth-order valence-corrected chi connectivity index (χ4v) is 5.24. The molecule has 1 aliphatic heterocycles. The minimum atomic E-state index is 0. The SMILES string of the molecule is CCCCN1CCC(c2ccc3[nH]c(-c4ccnc5[nH]ncc45)c(C(C)C)c3c2)CC1.Cl.Cl. The van der Waals surface area contributed by atoms with Crippen molar-refractivity contribution in [1.29, 1.82) is 0 Å². The highest BCUT2D eigenvalue weighted by Gasteiger charge is 2.23. The second kappa shape index (κ2) is 10.9. The van der Waals surface area contributed by atoms with E-state index in [1.807, 2.05) is 12.4 Å². The zero-order valence-electron chi connectivity index (χ0n) is 19.7. The Morgan fingerprint density at radius 2 is 1.88 bits per heavy atom. The molecule has 1 aliphatic rings. The van der Waals surface area contributed by atoms with Crippen LogP contribution < -0.4 is 0 Å². The summed E-state index contributed by atoms with van der Waals surface area (Å²) in [6, 6.07) is 9.20. The minimum absolute atomic E-state index is 0. The van der Waals surface area contributed by atoms with E-state index >= 15 is 0 Å². The lowest BCUT2D eigenvalue weighted by Crippen LogP contribution is -2.33. The molecule has 5 rings (SSSR count). The first kappa shape index (κ1) is 25.5. The van der Waals surface area contributed by atoms with Crippen LogP contribution in [0.1, 0.15) is 69.4 Å². The van der Waals surface area contributed by atoms with E-state index in [0.29, 0.717) is 11.8 Å². The Balaban J connectivity index is 0.00000153. The third-order valence-corrected chi connectivity index (χ3v) is 6.95. The molecule has 5 nitrogen and oxygen atoms in total. The summed E-state index contributed by atoms with van der Waals surface area (Å²) in [7, 11) is 0. The number of likely N-dealkylation sites (tertiary alicyclic amines) is 1. The standard InChI is InChI=1S/C26H33N5.2ClH/c1-4-5-12-31-13-9-18(10-14-31)19-6-7-23-21(15-19)24(17(2)3)25(29-23)20-8-11-27-26-22(20)16-28-30-26;;/h6-8,11,15-18,29H,4-5,9-10,12-14H2,1-3H3,(H,27,28,30);2*1H. The number of nitrogens with one attached hydrogen (secondary N) is 2. The molecular weight excluding hydrogens is 453 g/mol.